The number of carbonyl (C=O) groups is 1. The molecule has 1 unspecified atom stereocenters. The van der Waals surface area contributed by atoms with Gasteiger partial charge in [-0.1, -0.05) is 30.3 Å². The van der Waals surface area contributed by atoms with Gasteiger partial charge in [-0.25, -0.2) is 4.79 Å². The molecule has 1 aliphatic rings. The molecule has 3 rings (SSSR count). The topological polar surface area (TPSA) is 49.3 Å². The molecule has 1 atom stereocenters. The van der Waals surface area contributed by atoms with Crippen molar-refractivity contribution in [3.63, 3.8) is 0 Å². The van der Waals surface area contributed by atoms with Gasteiger partial charge in [0.1, 0.15) is 0 Å². The highest BCUT2D eigenvalue weighted by Gasteiger charge is 2.32. The summed E-state index contributed by atoms with van der Waals surface area (Å²) < 4.78 is 0. The minimum atomic E-state index is -0.883. The summed E-state index contributed by atoms with van der Waals surface area (Å²) in [6.45, 7) is 1.95. The lowest BCUT2D eigenvalue weighted by atomic mass is 10.0. The number of carboxylic acids is 1. The van der Waals surface area contributed by atoms with E-state index in [2.05, 4.69) is 29.6 Å². The number of aromatic carboxylic acids is 1. The second-order valence-corrected chi connectivity index (χ2v) is 5.70. The number of aryl methyl sites for hydroxylation is 1. The highest BCUT2D eigenvalue weighted by molar-refractivity contribution is 5.88. The van der Waals surface area contributed by atoms with E-state index in [9.17, 15) is 4.79 Å². The van der Waals surface area contributed by atoms with Gasteiger partial charge >= 0.3 is 5.97 Å². The lowest BCUT2D eigenvalue weighted by molar-refractivity contribution is 0.0697. The molecule has 21 heavy (non-hydrogen) atoms. The van der Waals surface area contributed by atoms with Gasteiger partial charge in [-0.05, 0) is 55.0 Å². The van der Waals surface area contributed by atoms with Crippen molar-refractivity contribution in [1.82, 2.24) is 0 Å². The molecule has 3 heteroatoms. The third-order valence-electron chi connectivity index (χ3n) is 4.04. The molecular weight excluding hydrogens is 262 g/mol. The Hall–Kier alpha value is -2.29. The molecule has 1 aliphatic carbocycles. The first-order valence-corrected chi connectivity index (χ1v) is 7.30. The van der Waals surface area contributed by atoms with Crippen LogP contribution in [0, 0.1) is 12.8 Å². The fourth-order valence-electron chi connectivity index (χ4n) is 2.69. The third kappa shape index (κ3) is 3.07. The predicted octanol–water partition coefficient (Wildman–Crippen LogP) is 4.26. The van der Waals surface area contributed by atoms with Crippen LogP contribution in [0.2, 0.25) is 0 Å². The zero-order valence-electron chi connectivity index (χ0n) is 12.0. The van der Waals surface area contributed by atoms with Crippen LogP contribution in [-0.2, 0) is 0 Å². The van der Waals surface area contributed by atoms with Gasteiger partial charge in [-0.15, -0.1) is 0 Å². The summed E-state index contributed by atoms with van der Waals surface area (Å²) >= 11 is 0. The van der Waals surface area contributed by atoms with Crippen molar-refractivity contribution in [1.29, 1.82) is 0 Å². The minimum absolute atomic E-state index is 0.306. The van der Waals surface area contributed by atoms with Gasteiger partial charge < -0.3 is 10.4 Å². The lowest BCUT2D eigenvalue weighted by Crippen LogP contribution is -2.14. The smallest absolute Gasteiger partial charge is 0.335 e. The van der Waals surface area contributed by atoms with Crippen LogP contribution in [0.3, 0.4) is 0 Å². The maximum absolute atomic E-state index is 11.0. The number of carboxylic acid groups (broad SMARTS) is 1. The summed E-state index contributed by atoms with van der Waals surface area (Å²) in [5.41, 5.74) is 3.61. The quantitative estimate of drug-likeness (QED) is 0.861. The van der Waals surface area contributed by atoms with Gasteiger partial charge in [-0.2, -0.15) is 0 Å². The van der Waals surface area contributed by atoms with Gasteiger partial charge in [-0.3, -0.25) is 0 Å². The second kappa shape index (κ2) is 5.60. The Labute approximate surface area is 124 Å². The molecular formula is C18H19NO2. The first kappa shape index (κ1) is 13.7. The molecule has 0 spiro atoms. The van der Waals surface area contributed by atoms with Gasteiger partial charge in [0.2, 0.25) is 0 Å². The maximum Gasteiger partial charge on any atom is 0.335 e. The van der Waals surface area contributed by atoms with E-state index in [1.54, 1.807) is 12.1 Å². The SMILES string of the molecule is Cc1cc(C(=O)O)ccc1NC(c1ccccc1)C1CC1. The Balaban J connectivity index is 1.85. The molecule has 0 amide bonds. The average molecular weight is 281 g/mol. The molecule has 1 fully saturated rings. The van der Waals surface area contributed by atoms with Gasteiger partial charge in [0.15, 0.2) is 0 Å². The molecule has 2 N–H and O–H groups in total. The Morgan fingerprint density at radius 2 is 1.90 bits per heavy atom. The van der Waals surface area contributed by atoms with E-state index in [0.29, 0.717) is 17.5 Å². The highest BCUT2D eigenvalue weighted by Crippen LogP contribution is 2.43. The number of hydrogen-bond donors (Lipinski definition) is 2. The minimum Gasteiger partial charge on any atom is -0.478 e. The summed E-state index contributed by atoms with van der Waals surface area (Å²) in [6, 6.07) is 16.0. The van der Waals surface area contributed by atoms with Crippen LogP contribution in [0.25, 0.3) is 0 Å². The molecule has 0 radical (unpaired) electrons. The summed E-state index contributed by atoms with van der Waals surface area (Å²) in [5.74, 6) is -0.211. The van der Waals surface area contributed by atoms with Crippen LogP contribution >= 0.6 is 0 Å². The number of anilines is 1. The van der Waals surface area contributed by atoms with E-state index in [0.717, 1.165) is 11.3 Å². The van der Waals surface area contributed by atoms with Crippen LogP contribution in [0.15, 0.2) is 48.5 Å². The summed E-state index contributed by atoms with van der Waals surface area (Å²) in [4.78, 5) is 11.0. The summed E-state index contributed by atoms with van der Waals surface area (Å²) in [7, 11) is 0. The standard InChI is InChI=1S/C18H19NO2/c1-12-11-15(18(20)21)9-10-16(12)19-17(14-7-8-14)13-5-3-2-4-6-13/h2-6,9-11,14,17,19H,7-8H2,1H3,(H,20,21). The molecule has 3 nitrogen and oxygen atoms in total. The van der Waals surface area contributed by atoms with Crippen molar-refractivity contribution < 1.29 is 9.90 Å². The zero-order valence-corrected chi connectivity index (χ0v) is 12.0. The van der Waals surface area contributed by atoms with Gasteiger partial charge in [0.05, 0.1) is 11.6 Å². The first-order valence-electron chi connectivity index (χ1n) is 7.30. The predicted molar refractivity (Wildman–Crippen MR) is 83.7 cm³/mol. The van der Waals surface area contributed by atoms with E-state index >= 15 is 0 Å². The van der Waals surface area contributed by atoms with Gasteiger partial charge in [0, 0.05) is 5.69 Å². The van der Waals surface area contributed by atoms with E-state index in [1.807, 2.05) is 19.1 Å². The molecule has 0 aliphatic heterocycles. The van der Waals surface area contributed by atoms with Crippen molar-refractivity contribution in [3.8, 4) is 0 Å². The number of rotatable bonds is 5. The third-order valence-corrected chi connectivity index (χ3v) is 4.04. The van der Waals surface area contributed by atoms with Crippen LogP contribution in [-0.4, -0.2) is 11.1 Å². The molecule has 2 aromatic rings. The van der Waals surface area contributed by atoms with E-state index < -0.39 is 5.97 Å². The van der Waals surface area contributed by atoms with Gasteiger partial charge in [0.25, 0.3) is 0 Å². The molecule has 0 heterocycles. The van der Waals surface area contributed by atoms with Crippen molar-refractivity contribution in [2.75, 3.05) is 5.32 Å². The Bertz CT molecular complexity index is 648. The number of hydrogen-bond acceptors (Lipinski definition) is 2. The highest BCUT2D eigenvalue weighted by atomic mass is 16.4. The van der Waals surface area contributed by atoms with Crippen molar-refractivity contribution in [3.05, 3.63) is 65.2 Å². The average Bonchev–Trinajstić information content (AvgIpc) is 3.31. The summed E-state index contributed by atoms with van der Waals surface area (Å²) in [6.07, 6.45) is 2.50. The van der Waals surface area contributed by atoms with Crippen LogP contribution in [0.5, 0.6) is 0 Å². The zero-order chi connectivity index (χ0) is 14.8. The van der Waals surface area contributed by atoms with Crippen LogP contribution in [0.1, 0.15) is 40.4 Å². The van der Waals surface area contributed by atoms with E-state index in [4.69, 9.17) is 5.11 Å². The molecule has 0 bridgehead atoms. The van der Waals surface area contributed by atoms with Crippen LogP contribution < -0.4 is 5.32 Å². The lowest BCUT2D eigenvalue weighted by Gasteiger charge is -2.21. The van der Waals surface area contributed by atoms with Crippen LogP contribution in [0.4, 0.5) is 5.69 Å². The summed E-state index contributed by atoms with van der Waals surface area (Å²) in [5, 5.41) is 12.6. The van der Waals surface area contributed by atoms with E-state index in [-0.39, 0.29) is 0 Å². The first-order chi connectivity index (χ1) is 10.1. The maximum atomic E-state index is 11.0. The molecule has 0 saturated heterocycles. The Morgan fingerprint density at radius 1 is 1.19 bits per heavy atom. The number of benzene rings is 2. The Morgan fingerprint density at radius 3 is 2.48 bits per heavy atom. The normalized spacial score (nSPS) is 15.5. The number of nitrogens with one attached hydrogen (secondary N) is 1. The second-order valence-electron chi connectivity index (χ2n) is 5.70. The molecule has 0 aromatic heterocycles. The largest absolute Gasteiger partial charge is 0.478 e. The van der Waals surface area contributed by atoms with Crippen molar-refractivity contribution >= 4 is 11.7 Å². The molecule has 108 valence electrons. The van der Waals surface area contributed by atoms with E-state index in [1.165, 1.54) is 18.4 Å². The Kier molecular flexibility index (Phi) is 3.65. The van der Waals surface area contributed by atoms with Crippen molar-refractivity contribution in [2.45, 2.75) is 25.8 Å². The molecule has 1 saturated carbocycles. The fraction of sp³-hybridized carbons (Fsp3) is 0.278. The molecule has 2 aromatic carbocycles. The fourth-order valence-corrected chi connectivity index (χ4v) is 2.69. The van der Waals surface area contributed by atoms with Crippen molar-refractivity contribution in [2.24, 2.45) is 5.92 Å². The monoisotopic (exact) mass is 281 g/mol.